The first-order valence-corrected chi connectivity index (χ1v) is 22.6. The van der Waals surface area contributed by atoms with E-state index in [9.17, 15) is 29.1 Å². The lowest BCUT2D eigenvalue weighted by Gasteiger charge is -2.33. The number of benzene rings is 2. The summed E-state index contributed by atoms with van der Waals surface area (Å²) in [4.78, 5) is 90.1. The van der Waals surface area contributed by atoms with E-state index in [2.05, 4.69) is 53.3 Å². The van der Waals surface area contributed by atoms with Gasteiger partial charge in [0.15, 0.2) is 11.6 Å². The van der Waals surface area contributed by atoms with Gasteiger partial charge in [-0.2, -0.15) is 0 Å². The average Bonchev–Trinajstić information content (AvgIpc) is 4.17. The molecule has 0 bridgehead atoms. The maximum Gasteiger partial charge on any atom is 0.412 e. The van der Waals surface area contributed by atoms with Gasteiger partial charge in [-0.3, -0.25) is 25.1 Å². The summed E-state index contributed by atoms with van der Waals surface area (Å²) in [6.45, 7) is 8.75. The van der Waals surface area contributed by atoms with Crippen molar-refractivity contribution < 1.29 is 38.6 Å². The number of amides is 3. The van der Waals surface area contributed by atoms with E-state index in [4.69, 9.17) is 19.4 Å². The molecule has 6 atom stereocenters. The summed E-state index contributed by atoms with van der Waals surface area (Å²) >= 11 is 0. The van der Waals surface area contributed by atoms with E-state index >= 15 is 0 Å². The fraction of sp³-hybridized carbons (Fsp3) is 0.489. The summed E-state index contributed by atoms with van der Waals surface area (Å²) in [6, 6.07) is 13.8. The molecule has 7 N–H and O–H groups in total. The number of carboxylic acid groups (broad SMARTS) is 1. The van der Waals surface area contributed by atoms with Crippen molar-refractivity contribution in [2.45, 2.75) is 101 Å². The molecule has 6 heterocycles. The van der Waals surface area contributed by atoms with E-state index in [0.29, 0.717) is 48.6 Å². The molecule has 0 saturated carbocycles. The SMILES string of the molecule is COC(=O)N[C@H](C(=O)[C@@]1(c2nc3ccc([C@H]4CC[C@H](c5ccc6nc([C@]7(C(=O)[C@@H](NC(=O)OC)C(C)C)CCCN7)[nH]c6c5)N4c4ccc(N(C)C(=O)O)nc4)cc3[nH]2)CCCN1)C(C)C. The van der Waals surface area contributed by atoms with Crippen molar-refractivity contribution in [1.29, 1.82) is 0 Å². The van der Waals surface area contributed by atoms with Crippen LogP contribution >= 0.6 is 0 Å². The van der Waals surface area contributed by atoms with Crippen molar-refractivity contribution in [2.75, 3.05) is 44.2 Å². The number of aromatic nitrogens is 5. The van der Waals surface area contributed by atoms with E-state index in [-0.39, 0.29) is 41.3 Å². The summed E-state index contributed by atoms with van der Waals surface area (Å²) in [5, 5.41) is 22.0. The molecule has 0 unspecified atom stereocenters. The highest BCUT2D eigenvalue weighted by molar-refractivity contribution is 5.97. The Kier molecular flexibility index (Phi) is 12.8. The Bertz CT molecular complexity index is 2480. The molecule has 19 heteroatoms. The number of imidazole rings is 2. The topological polar surface area (TPSA) is 249 Å². The molecule has 0 spiro atoms. The number of nitrogens with one attached hydrogen (secondary N) is 6. The molecule has 3 aliphatic heterocycles. The molecule has 3 amide bonds. The Balaban J connectivity index is 1.15. The zero-order valence-electron chi connectivity index (χ0n) is 38.4. The zero-order chi connectivity index (χ0) is 47.1. The van der Waals surface area contributed by atoms with Crippen molar-refractivity contribution in [1.82, 2.24) is 46.2 Å². The molecule has 3 aliphatic rings. The first kappa shape index (κ1) is 45.9. The third-order valence-electron chi connectivity index (χ3n) is 13.6. The highest BCUT2D eigenvalue weighted by atomic mass is 16.5. The fourth-order valence-corrected chi connectivity index (χ4v) is 10.0. The number of rotatable bonds is 14. The Morgan fingerprint density at radius 3 is 1.58 bits per heavy atom. The van der Waals surface area contributed by atoms with Gasteiger partial charge in [0.05, 0.1) is 72.3 Å². The van der Waals surface area contributed by atoms with Crippen LogP contribution in [-0.2, 0) is 30.1 Å². The summed E-state index contributed by atoms with van der Waals surface area (Å²) in [6.07, 6.45) is 3.23. The molecule has 5 aromatic rings. The van der Waals surface area contributed by atoms with Crippen LogP contribution in [-0.4, -0.2) is 106 Å². The van der Waals surface area contributed by atoms with Gasteiger partial charge in [-0.15, -0.1) is 0 Å². The minimum atomic E-state index is -1.14. The zero-order valence-corrected chi connectivity index (χ0v) is 38.4. The van der Waals surface area contributed by atoms with Gasteiger partial charge in [-0.25, -0.2) is 29.3 Å². The van der Waals surface area contributed by atoms with Gasteiger partial charge >= 0.3 is 18.3 Å². The number of ketones is 2. The van der Waals surface area contributed by atoms with Crippen LogP contribution in [0.5, 0.6) is 0 Å². The number of carbonyl (C=O) groups is 5. The highest BCUT2D eigenvalue weighted by Gasteiger charge is 2.50. The molecule has 2 aromatic carbocycles. The number of carbonyl (C=O) groups excluding carboxylic acids is 4. The molecule has 66 heavy (non-hydrogen) atoms. The van der Waals surface area contributed by atoms with Crippen LogP contribution in [0.15, 0.2) is 54.7 Å². The smallest absolute Gasteiger partial charge is 0.412 e. The van der Waals surface area contributed by atoms with Crippen molar-refractivity contribution >= 4 is 63.4 Å². The first-order valence-electron chi connectivity index (χ1n) is 22.6. The Morgan fingerprint density at radius 1 is 0.742 bits per heavy atom. The molecular formula is C47H59N11O8. The van der Waals surface area contributed by atoms with Crippen molar-refractivity contribution in [3.63, 3.8) is 0 Å². The normalized spacial score (nSPS) is 22.8. The van der Waals surface area contributed by atoms with Crippen LogP contribution in [0.3, 0.4) is 0 Å². The quantitative estimate of drug-likeness (QED) is 0.0667. The van der Waals surface area contributed by atoms with Crippen molar-refractivity contribution in [3.05, 3.63) is 77.5 Å². The number of alkyl carbamates (subject to hydrolysis) is 2. The molecular weight excluding hydrogens is 847 g/mol. The number of Topliss-reactive ketones (excluding diaryl/α,β-unsaturated/α-hetero) is 2. The van der Waals surface area contributed by atoms with Crippen LogP contribution in [0.1, 0.15) is 101 Å². The summed E-state index contributed by atoms with van der Waals surface area (Å²) in [5.74, 6) is 0.469. The number of fused-ring (bicyclic) bond motifs is 2. The lowest BCUT2D eigenvalue weighted by Crippen LogP contribution is -2.57. The highest BCUT2D eigenvalue weighted by Crippen LogP contribution is 2.48. The van der Waals surface area contributed by atoms with E-state index in [1.165, 1.54) is 21.3 Å². The first-order chi connectivity index (χ1) is 31.6. The number of pyridine rings is 1. The summed E-state index contributed by atoms with van der Waals surface area (Å²) in [7, 11) is 3.99. The van der Waals surface area contributed by atoms with Crippen LogP contribution in [0, 0.1) is 11.8 Å². The number of aromatic amines is 2. The number of hydrogen-bond donors (Lipinski definition) is 7. The van der Waals surface area contributed by atoms with Crippen molar-refractivity contribution in [3.8, 4) is 0 Å². The van der Waals surface area contributed by atoms with E-state index in [1.54, 1.807) is 12.3 Å². The molecule has 8 rings (SSSR count). The predicted molar refractivity (Wildman–Crippen MR) is 246 cm³/mol. The van der Waals surface area contributed by atoms with Crippen LogP contribution < -0.4 is 31.1 Å². The standard InChI is InChI=1S/C47H59N11O8/c1-25(2)37(55-43(61)65-6)39(59)46(18-8-20-49-46)41-51-30-13-10-27(22-32(30)53-41)34-15-16-35(58(34)29-12-17-36(48-24-29)57(5)45(63)64)28-11-14-31-33(23-28)54-42(52-31)47(19-9-21-50-47)40(60)38(26(3)4)56-44(62)66-7/h10-14,17,22-26,34-35,37-38,49-50H,8-9,15-16,18-21H2,1-7H3,(H,51,53)(H,52,54)(H,55,61)(H,56,62)(H,63,64)/t34-,35-,37+,38+,46-,47-/m1/s1. The van der Waals surface area contributed by atoms with Gasteiger partial charge in [0.1, 0.15) is 28.5 Å². The van der Waals surface area contributed by atoms with E-state index in [0.717, 1.165) is 58.4 Å². The Labute approximate surface area is 382 Å². The number of H-pyrrole nitrogens is 2. The van der Waals surface area contributed by atoms with Gasteiger partial charge in [0.2, 0.25) is 0 Å². The van der Waals surface area contributed by atoms with Gasteiger partial charge in [-0.1, -0.05) is 39.8 Å². The number of nitrogens with zero attached hydrogens (tertiary/aromatic N) is 5. The maximum atomic E-state index is 14.4. The monoisotopic (exact) mass is 905 g/mol. The Hall–Kier alpha value is -6.60. The lowest BCUT2D eigenvalue weighted by atomic mass is 9.83. The molecule has 3 fully saturated rings. The molecule has 3 saturated heterocycles. The number of ether oxygens (including phenoxy) is 2. The fourth-order valence-electron chi connectivity index (χ4n) is 10.0. The van der Waals surface area contributed by atoms with Crippen LogP contribution in [0.25, 0.3) is 22.1 Å². The minimum Gasteiger partial charge on any atom is -0.465 e. The molecule has 0 aliphatic carbocycles. The second-order valence-corrected chi connectivity index (χ2v) is 18.3. The molecule has 350 valence electrons. The van der Waals surface area contributed by atoms with E-state index < -0.39 is 41.4 Å². The number of methoxy groups -OCH3 is 2. The van der Waals surface area contributed by atoms with Gasteiger partial charge in [0.25, 0.3) is 0 Å². The van der Waals surface area contributed by atoms with E-state index in [1.807, 2.05) is 58.0 Å². The number of anilines is 2. The van der Waals surface area contributed by atoms with Crippen molar-refractivity contribution in [2.24, 2.45) is 11.8 Å². The third-order valence-corrected chi connectivity index (χ3v) is 13.6. The predicted octanol–water partition coefficient (Wildman–Crippen LogP) is 6.09. The average molecular weight is 906 g/mol. The largest absolute Gasteiger partial charge is 0.465 e. The molecule has 19 nitrogen and oxygen atoms in total. The van der Waals surface area contributed by atoms with Crippen LogP contribution in [0.2, 0.25) is 0 Å². The number of hydrogen-bond acceptors (Lipinski definition) is 13. The Morgan fingerprint density at radius 2 is 1.21 bits per heavy atom. The van der Waals surface area contributed by atoms with Gasteiger partial charge in [0, 0.05) is 7.05 Å². The van der Waals surface area contributed by atoms with Gasteiger partial charge in [-0.05, 0) is 111 Å². The molecule has 3 aromatic heterocycles. The third kappa shape index (κ3) is 8.29. The minimum absolute atomic E-state index is 0.155. The van der Waals surface area contributed by atoms with Gasteiger partial charge < -0.3 is 40.1 Å². The second kappa shape index (κ2) is 18.4. The lowest BCUT2D eigenvalue weighted by molar-refractivity contribution is -0.129. The maximum absolute atomic E-state index is 14.4. The molecule has 0 radical (unpaired) electrons. The summed E-state index contributed by atoms with van der Waals surface area (Å²) < 4.78 is 9.72. The summed E-state index contributed by atoms with van der Waals surface area (Å²) in [5.41, 5.74) is 3.38. The van der Waals surface area contributed by atoms with Crippen LogP contribution in [0.4, 0.5) is 25.9 Å². The second-order valence-electron chi connectivity index (χ2n) is 18.3.